The topological polar surface area (TPSA) is 76.1 Å². The molecule has 0 bridgehead atoms. The lowest BCUT2D eigenvalue weighted by Crippen LogP contribution is -2.48. The first kappa shape index (κ1) is 21.0. The Kier molecular flexibility index (Phi) is 7.90. The molecule has 0 radical (unpaired) electrons. The smallest absolute Gasteiger partial charge is 0.410 e. The van der Waals surface area contributed by atoms with Gasteiger partial charge in [-0.15, -0.1) is 0 Å². The van der Waals surface area contributed by atoms with E-state index in [1.54, 1.807) is 34.7 Å². The van der Waals surface area contributed by atoms with Gasteiger partial charge in [0.05, 0.1) is 25.2 Å². The third-order valence-electron chi connectivity index (χ3n) is 3.59. The molecule has 0 aliphatic rings. The monoisotopic (exact) mass is 351 g/mol. The molecule has 0 saturated heterocycles. The number of aliphatic hydroxyl groups excluding tert-OH is 1. The third kappa shape index (κ3) is 7.56. The summed E-state index contributed by atoms with van der Waals surface area (Å²) in [5, 5.41) is 10.5. The predicted octanol–water partition coefficient (Wildman–Crippen LogP) is 2.78. The van der Waals surface area contributed by atoms with Crippen molar-refractivity contribution in [2.75, 3.05) is 13.7 Å². The average Bonchev–Trinajstić information content (AvgIpc) is 2.51. The van der Waals surface area contributed by atoms with Crippen LogP contribution < -0.4 is 0 Å². The fourth-order valence-corrected chi connectivity index (χ4v) is 2.38. The Hall–Kier alpha value is -2.08. The molecule has 0 aliphatic carbocycles. The van der Waals surface area contributed by atoms with Gasteiger partial charge in [0.25, 0.3) is 0 Å². The number of rotatable bonds is 7. The molecule has 0 fully saturated rings. The summed E-state index contributed by atoms with van der Waals surface area (Å²) in [4.78, 5) is 25.4. The summed E-state index contributed by atoms with van der Waals surface area (Å²) < 4.78 is 10.3. The molecule has 0 spiro atoms. The van der Waals surface area contributed by atoms with Crippen LogP contribution in [0.15, 0.2) is 30.3 Å². The number of carbonyl (C=O) groups excluding carboxylic acids is 2. The van der Waals surface area contributed by atoms with Crippen LogP contribution in [0.3, 0.4) is 0 Å². The molecule has 1 aromatic carbocycles. The Morgan fingerprint density at radius 1 is 1.20 bits per heavy atom. The van der Waals surface area contributed by atoms with Crippen molar-refractivity contribution >= 4 is 12.1 Å². The minimum atomic E-state index is -1.06. The minimum Gasteiger partial charge on any atom is -0.466 e. The molecule has 1 amide bonds. The standard InChI is InChI=1S/C19H29NO5/c1-6-24-17(22)13-16(21)15(12-14-10-8-7-9-11-14)20(5)18(23)25-19(2,3)4/h7-11,15-16,21H,6,12-13H2,1-5H3/t15-,16+/m0/s1. The van der Waals surface area contributed by atoms with Crippen molar-refractivity contribution in [3.63, 3.8) is 0 Å². The summed E-state index contributed by atoms with van der Waals surface area (Å²) in [6.07, 6.45) is -1.39. The Bertz CT molecular complexity index is 553. The Morgan fingerprint density at radius 3 is 2.32 bits per heavy atom. The highest BCUT2D eigenvalue weighted by Gasteiger charge is 2.31. The second-order valence-corrected chi connectivity index (χ2v) is 6.92. The maximum Gasteiger partial charge on any atom is 0.410 e. The van der Waals surface area contributed by atoms with Gasteiger partial charge in [0.1, 0.15) is 5.60 Å². The van der Waals surface area contributed by atoms with Crippen LogP contribution in [0.1, 0.15) is 39.7 Å². The number of hydrogen-bond acceptors (Lipinski definition) is 5. The van der Waals surface area contributed by atoms with Gasteiger partial charge in [-0.3, -0.25) is 4.79 Å². The molecule has 0 aliphatic heterocycles. The molecule has 25 heavy (non-hydrogen) atoms. The third-order valence-corrected chi connectivity index (χ3v) is 3.59. The van der Waals surface area contributed by atoms with Gasteiger partial charge < -0.3 is 19.5 Å². The fraction of sp³-hybridized carbons (Fsp3) is 0.579. The minimum absolute atomic E-state index is 0.182. The van der Waals surface area contributed by atoms with Crippen LogP contribution in [0.2, 0.25) is 0 Å². The van der Waals surface area contributed by atoms with Crippen molar-refractivity contribution in [2.45, 2.75) is 58.3 Å². The van der Waals surface area contributed by atoms with Crippen LogP contribution in [0.5, 0.6) is 0 Å². The molecule has 1 rings (SSSR count). The van der Waals surface area contributed by atoms with Crippen LogP contribution in [-0.4, -0.2) is 53.5 Å². The van der Waals surface area contributed by atoms with Crippen LogP contribution in [-0.2, 0) is 20.7 Å². The molecule has 140 valence electrons. The molecule has 1 N–H and O–H groups in total. The number of nitrogens with zero attached hydrogens (tertiary/aromatic N) is 1. The SMILES string of the molecule is CCOC(=O)C[C@@H](O)[C@H](Cc1ccccc1)N(C)C(=O)OC(C)(C)C. The zero-order valence-electron chi connectivity index (χ0n) is 15.7. The Labute approximate surface area is 149 Å². The van der Waals surface area contributed by atoms with E-state index in [4.69, 9.17) is 9.47 Å². The van der Waals surface area contributed by atoms with Crippen molar-refractivity contribution < 1.29 is 24.2 Å². The van der Waals surface area contributed by atoms with Gasteiger partial charge >= 0.3 is 12.1 Å². The van der Waals surface area contributed by atoms with E-state index in [1.807, 2.05) is 30.3 Å². The maximum absolute atomic E-state index is 12.4. The van der Waals surface area contributed by atoms with Crippen LogP contribution in [0.4, 0.5) is 4.79 Å². The van der Waals surface area contributed by atoms with Gasteiger partial charge in [0, 0.05) is 7.05 Å². The maximum atomic E-state index is 12.4. The van der Waals surface area contributed by atoms with Gasteiger partial charge in [-0.1, -0.05) is 30.3 Å². The van der Waals surface area contributed by atoms with Crippen molar-refractivity contribution in [1.82, 2.24) is 4.90 Å². The van der Waals surface area contributed by atoms with E-state index in [9.17, 15) is 14.7 Å². The lowest BCUT2D eigenvalue weighted by atomic mass is 9.98. The molecule has 2 atom stereocenters. The second kappa shape index (κ2) is 9.42. The van der Waals surface area contributed by atoms with Crippen LogP contribution in [0, 0.1) is 0 Å². The zero-order chi connectivity index (χ0) is 19.0. The highest BCUT2D eigenvalue weighted by atomic mass is 16.6. The van der Waals surface area contributed by atoms with E-state index >= 15 is 0 Å². The Balaban J connectivity index is 2.93. The van der Waals surface area contributed by atoms with E-state index in [0.29, 0.717) is 6.42 Å². The van der Waals surface area contributed by atoms with Gasteiger partial charge in [0.15, 0.2) is 0 Å². The highest BCUT2D eigenvalue weighted by molar-refractivity contribution is 5.71. The number of likely N-dealkylation sites (N-methyl/N-ethyl adjacent to an activating group) is 1. The second-order valence-electron chi connectivity index (χ2n) is 6.92. The molecule has 0 aromatic heterocycles. The summed E-state index contributed by atoms with van der Waals surface area (Å²) >= 11 is 0. The lowest BCUT2D eigenvalue weighted by molar-refractivity contribution is -0.146. The number of carbonyl (C=O) groups is 2. The molecule has 0 unspecified atom stereocenters. The first-order chi connectivity index (χ1) is 11.6. The zero-order valence-corrected chi connectivity index (χ0v) is 15.7. The summed E-state index contributed by atoms with van der Waals surface area (Å²) in [5.41, 5.74) is 0.306. The summed E-state index contributed by atoms with van der Waals surface area (Å²) in [5.74, 6) is -0.495. The van der Waals surface area contributed by atoms with Crippen molar-refractivity contribution in [1.29, 1.82) is 0 Å². The van der Waals surface area contributed by atoms with E-state index in [1.165, 1.54) is 4.90 Å². The molecule has 0 saturated carbocycles. The summed E-state index contributed by atoms with van der Waals surface area (Å²) in [6, 6.07) is 8.88. The van der Waals surface area contributed by atoms with Crippen molar-refractivity contribution in [2.24, 2.45) is 0 Å². The number of benzene rings is 1. The number of amides is 1. The van der Waals surface area contributed by atoms with E-state index in [0.717, 1.165) is 5.56 Å². The first-order valence-corrected chi connectivity index (χ1v) is 8.47. The van der Waals surface area contributed by atoms with Crippen LogP contribution >= 0.6 is 0 Å². The predicted molar refractivity (Wildman–Crippen MR) is 95.2 cm³/mol. The molecule has 6 nitrogen and oxygen atoms in total. The quantitative estimate of drug-likeness (QED) is 0.765. The highest BCUT2D eigenvalue weighted by Crippen LogP contribution is 2.18. The summed E-state index contributed by atoms with van der Waals surface area (Å²) in [7, 11) is 1.57. The number of ether oxygens (including phenoxy) is 2. The van der Waals surface area contributed by atoms with E-state index < -0.39 is 29.8 Å². The van der Waals surface area contributed by atoms with Gasteiger partial charge in [-0.2, -0.15) is 0 Å². The van der Waals surface area contributed by atoms with Crippen molar-refractivity contribution in [3.8, 4) is 0 Å². The summed E-state index contributed by atoms with van der Waals surface area (Å²) in [6.45, 7) is 7.29. The fourth-order valence-electron chi connectivity index (χ4n) is 2.38. The van der Waals surface area contributed by atoms with E-state index in [-0.39, 0.29) is 13.0 Å². The average molecular weight is 351 g/mol. The number of hydrogen-bond donors (Lipinski definition) is 1. The van der Waals surface area contributed by atoms with Gasteiger partial charge in [-0.05, 0) is 39.7 Å². The van der Waals surface area contributed by atoms with Gasteiger partial charge in [-0.25, -0.2) is 4.79 Å². The number of aliphatic hydroxyl groups is 1. The first-order valence-electron chi connectivity index (χ1n) is 8.47. The largest absolute Gasteiger partial charge is 0.466 e. The van der Waals surface area contributed by atoms with Gasteiger partial charge in [0.2, 0.25) is 0 Å². The Morgan fingerprint density at radius 2 is 1.80 bits per heavy atom. The normalized spacial score (nSPS) is 13.7. The molecule has 6 heteroatoms. The molecule has 1 aromatic rings. The van der Waals surface area contributed by atoms with E-state index in [2.05, 4.69) is 0 Å². The molecule has 0 heterocycles. The molecular weight excluding hydrogens is 322 g/mol. The number of esters is 1. The lowest BCUT2D eigenvalue weighted by Gasteiger charge is -2.33. The van der Waals surface area contributed by atoms with Crippen LogP contribution in [0.25, 0.3) is 0 Å². The van der Waals surface area contributed by atoms with Crippen molar-refractivity contribution in [3.05, 3.63) is 35.9 Å². The molecular formula is C19H29NO5.